The molecule has 0 fully saturated rings. The highest BCUT2D eigenvalue weighted by Crippen LogP contribution is 2.39. The van der Waals surface area contributed by atoms with Crippen LogP contribution in [0.5, 0.6) is 11.5 Å². The van der Waals surface area contributed by atoms with E-state index in [1.54, 1.807) is 0 Å². The highest BCUT2D eigenvalue weighted by atomic mass is 16.6. The molecular formula is C25H25NO4. The molecule has 0 aliphatic heterocycles. The van der Waals surface area contributed by atoms with Crippen molar-refractivity contribution in [2.45, 2.75) is 34.0 Å². The molecule has 3 aromatic rings. The Labute approximate surface area is 176 Å². The lowest BCUT2D eigenvalue weighted by molar-refractivity contribution is -0.400. The van der Waals surface area contributed by atoms with Crippen molar-refractivity contribution in [2.24, 2.45) is 0 Å². The molecular weight excluding hydrogens is 378 g/mol. The van der Waals surface area contributed by atoms with Crippen LogP contribution < -0.4 is 9.47 Å². The molecule has 0 N–H and O–H groups in total. The van der Waals surface area contributed by atoms with Gasteiger partial charge >= 0.3 is 0 Å². The van der Waals surface area contributed by atoms with E-state index in [0.717, 1.165) is 39.8 Å². The monoisotopic (exact) mass is 403 g/mol. The van der Waals surface area contributed by atoms with Gasteiger partial charge in [-0.25, -0.2) is 0 Å². The molecule has 0 aliphatic carbocycles. The van der Waals surface area contributed by atoms with Gasteiger partial charge in [0, 0.05) is 17.2 Å². The smallest absolute Gasteiger partial charge is 0.235 e. The average Bonchev–Trinajstić information content (AvgIpc) is 2.76. The van der Waals surface area contributed by atoms with Crippen LogP contribution in [0.25, 0.3) is 6.08 Å². The SMILES string of the molecule is Cc1c(C)c(OCc2ccccc2)c(C=C[N+](=O)[O-])c(C)c1OCc1ccccc1. The minimum Gasteiger partial charge on any atom is -0.488 e. The molecule has 0 aliphatic rings. The predicted octanol–water partition coefficient (Wildman–Crippen LogP) is 6.02. The van der Waals surface area contributed by atoms with E-state index >= 15 is 0 Å². The third-order valence-corrected chi connectivity index (χ3v) is 5.05. The van der Waals surface area contributed by atoms with Crippen molar-refractivity contribution in [3.8, 4) is 11.5 Å². The first-order valence-corrected chi connectivity index (χ1v) is 9.76. The normalized spacial score (nSPS) is 10.9. The Balaban J connectivity index is 1.97. The minimum absolute atomic E-state index is 0.379. The van der Waals surface area contributed by atoms with E-state index in [-0.39, 0.29) is 0 Å². The first-order valence-electron chi connectivity index (χ1n) is 9.76. The lowest BCUT2D eigenvalue weighted by Gasteiger charge is -2.21. The molecule has 5 nitrogen and oxygen atoms in total. The average molecular weight is 403 g/mol. The van der Waals surface area contributed by atoms with E-state index in [0.29, 0.717) is 24.5 Å². The highest BCUT2D eigenvalue weighted by Gasteiger charge is 2.19. The Morgan fingerprint density at radius 3 is 1.73 bits per heavy atom. The summed E-state index contributed by atoms with van der Waals surface area (Å²) in [4.78, 5) is 10.5. The van der Waals surface area contributed by atoms with Crippen LogP contribution in [0.2, 0.25) is 0 Å². The first-order chi connectivity index (χ1) is 14.5. The van der Waals surface area contributed by atoms with E-state index in [4.69, 9.17) is 9.47 Å². The summed E-state index contributed by atoms with van der Waals surface area (Å²) in [7, 11) is 0. The summed E-state index contributed by atoms with van der Waals surface area (Å²) in [5.74, 6) is 1.37. The molecule has 0 unspecified atom stereocenters. The van der Waals surface area contributed by atoms with E-state index in [2.05, 4.69) is 0 Å². The Morgan fingerprint density at radius 2 is 1.23 bits per heavy atom. The maximum atomic E-state index is 11.0. The van der Waals surface area contributed by atoms with Crippen molar-refractivity contribution in [3.05, 3.63) is 110 Å². The summed E-state index contributed by atoms with van der Waals surface area (Å²) in [5, 5.41) is 11.0. The predicted molar refractivity (Wildman–Crippen MR) is 118 cm³/mol. The molecule has 3 aromatic carbocycles. The molecule has 0 saturated heterocycles. The van der Waals surface area contributed by atoms with E-state index in [9.17, 15) is 10.1 Å². The van der Waals surface area contributed by atoms with Gasteiger partial charge in [0.15, 0.2) is 0 Å². The number of hydrogen-bond donors (Lipinski definition) is 0. The Bertz CT molecular complexity index is 1040. The van der Waals surface area contributed by atoms with Crippen molar-refractivity contribution < 1.29 is 14.4 Å². The largest absolute Gasteiger partial charge is 0.488 e. The number of ether oxygens (including phenoxy) is 2. The van der Waals surface area contributed by atoms with Crippen LogP contribution in [0.4, 0.5) is 0 Å². The summed E-state index contributed by atoms with van der Waals surface area (Å²) in [5.41, 5.74) is 5.43. The minimum atomic E-state index is -0.472. The first kappa shape index (κ1) is 21.1. The molecule has 0 heterocycles. The Kier molecular flexibility index (Phi) is 6.86. The van der Waals surface area contributed by atoms with Gasteiger partial charge in [0.2, 0.25) is 6.20 Å². The molecule has 5 heteroatoms. The van der Waals surface area contributed by atoms with Gasteiger partial charge in [-0.15, -0.1) is 0 Å². The summed E-state index contributed by atoms with van der Waals surface area (Å²) in [6.07, 6.45) is 2.42. The van der Waals surface area contributed by atoms with Gasteiger partial charge in [-0.3, -0.25) is 10.1 Å². The van der Waals surface area contributed by atoms with Crippen LogP contribution in [0, 0.1) is 30.9 Å². The molecule has 0 radical (unpaired) electrons. The summed E-state index contributed by atoms with van der Waals surface area (Å²) in [6, 6.07) is 19.7. The maximum Gasteiger partial charge on any atom is 0.235 e. The van der Waals surface area contributed by atoms with E-state index in [1.807, 2.05) is 81.4 Å². The fraction of sp³-hybridized carbons (Fsp3) is 0.200. The zero-order valence-electron chi connectivity index (χ0n) is 17.4. The third-order valence-electron chi connectivity index (χ3n) is 5.05. The number of hydrogen-bond acceptors (Lipinski definition) is 4. The van der Waals surface area contributed by atoms with Crippen molar-refractivity contribution in [2.75, 3.05) is 0 Å². The van der Waals surface area contributed by atoms with Gasteiger partial charge in [-0.2, -0.15) is 0 Å². The number of rotatable bonds is 8. The topological polar surface area (TPSA) is 61.6 Å². The molecule has 0 amide bonds. The Morgan fingerprint density at radius 1 is 0.767 bits per heavy atom. The van der Waals surface area contributed by atoms with E-state index < -0.39 is 4.92 Å². The lowest BCUT2D eigenvalue weighted by atomic mass is 9.97. The van der Waals surface area contributed by atoms with Crippen LogP contribution in [-0.2, 0) is 13.2 Å². The van der Waals surface area contributed by atoms with Gasteiger partial charge in [0.1, 0.15) is 24.7 Å². The molecule has 0 aromatic heterocycles. The lowest BCUT2D eigenvalue weighted by Crippen LogP contribution is -2.06. The van der Waals surface area contributed by atoms with Crippen LogP contribution in [0.15, 0.2) is 66.9 Å². The van der Waals surface area contributed by atoms with E-state index in [1.165, 1.54) is 6.08 Å². The molecule has 3 rings (SSSR count). The van der Waals surface area contributed by atoms with Gasteiger partial charge in [0.25, 0.3) is 0 Å². The van der Waals surface area contributed by atoms with Gasteiger partial charge < -0.3 is 9.47 Å². The second-order valence-electron chi connectivity index (χ2n) is 7.10. The zero-order valence-corrected chi connectivity index (χ0v) is 17.4. The van der Waals surface area contributed by atoms with Crippen LogP contribution >= 0.6 is 0 Å². The standard InChI is InChI=1S/C25H25NO4/c1-18-19(2)25(30-17-22-12-8-5-9-13-22)23(14-15-26(27)28)20(3)24(18)29-16-21-10-6-4-7-11-21/h4-15H,16-17H2,1-3H3. The molecule has 30 heavy (non-hydrogen) atoms. The van der Waals surface area contributed by atoms with Crippen molar-refractivity contribution >= 4 is 6.08 Å². The second kappa shape index (κ2) is 9.74. The summed E-state index contributed by atoms with van der Waals surface area (Å²) < 4.78 is 12.3. The number of nitrogens with zero attached hydrogens (tertiary/aromatic N) is 1. The third kappa shape index (κ3) is 5.06. The van der Waals surface area contributed by atoms with Gasteiger partial charge in [0.05, 0.1) is 4.92 Å². The van der Waals surface area contributed by atoms with Gasteiger partial charge in [-0.1, -0.05) is 60.7 Å². The van der Waals surface area contributed by atoms with Crippen molar-refractivity contribution in [1.29, 1.82) is 0 Å². The molecule has 0 bridgehead atoms. The number of nitro groups is 1. The highest BCUT2D eigenvalue weighted by molar-refractivity contribution is 5.69. The van der Waals surface area contributed by atoms with Crippen LogP contribution in [0.1, 0.15) is 33.4 Å². The van der Waals surface area contributed by atoms with Crippen molar-refractivity contribution in [3.63, 3.8) is 0 Å². The second-order valence-corrected chi connectivity index (χ2v) is 7.10. The Hall–Kier alpha value is -3.60. The number of benzene rings is 3. The zero-order chi connectivity index (χ0) is 21.5. The molecule has 154 valence electrons. The maximum absolute atomic E-state index is 11.0. The van der Waals surface area contributed by atoms with Gasteiger partial charge in [-0.05, 0) is 43.0 Å². The van der Waals surface area contributed by atoms with Crippen LogP contribution in [0.3, 0.4) is 0 Å². The molecule has 0 atom stereocenters. The van der Waals surface area contributed by atoms with Crippen LogP contribution in [-0.4, -0.2) is 4.92 Å². The molecule has 0 spiro atoms. The summed E-state index contributed by atoms with van der Waals surface area (Å²) in [6.45, 7) is 6.64. The fourth-order valence-electron chi connectivity index (χ4n) is 3.31. The quantitative estimate of drug-likeness (QED) is 0.341. The fourth-order valence-corrected chi connectivity index (χ4v) is 3.31. The molecule has 0 saturated carbocycles. The summed E-state index contributed by atoms with van der Waals surface area (Å²) >= 11 is 0. The van der Waals surface area contributed by atoms with Crippen molar-refractivity contribution in [1.82, 2.24) is 0 Å².